The quantitative estimate of drug-likeness (QED) is 0.855. The number of aliphatic hydroxyl groups is 1. The van der Waals surface area contributed by atoms with E-state index in [4.69, 9.17) is 4.74 Å². The zero-order valence-corrected chi connectivity index (χ0v) is 13.9. The predicted molar refractivity (Wildman–Crippen MR) is 86.2 cm³/mol. The van der Waals surface area contributed by atoms with Gasteiger partial charge >= 0.3 is 0 Å². The monoisotopic (exact) mass is 353 g/mol. The van der Waals surface area contributed by atoms with E-state index in [1.807, 2.05) is 38.1 Å². The third-order valence-corrected chi connectivity index (χ3v) is 4.36. The van der Waals surface area contributed by atoms with Crippen LogP contribution in [-0.4, -0.2) is 29.8 Å². The molecule has 0 saturated heterocycles. The molecule has 1 aliphatic heterocycles. The Hall–Kier alpha value is -1.33. The number of benzene rings is 1. The van der Waals surface area contributed by atoms with E-state index in [0.717, 1.165) is 15.8 Å². The van der Waals surface area contributed by atoms with Crippen molar-refractivity contribution >= 4 is 27.9 Å². The first-order valence-electron chi connectivity index (χ1n) is 7.11. The predicted octanol–water partition coefficient (Wildman–Crippen LogP) is 2.89. The van der Waals surface area contributed by atoms with Gasteiger partial charge in [-0.3, -0.25) is 4.79 Å². The Balaban J connectivity index is 2.07. The molecule has 0 atom stereocenters. The maximum Gasteiger partial charge on any atom is 0.250 e. The fraction of sp³-hybridized carbons (Fsp3) is 0.438. The van der Waals surface area contributed by atoms with Crippen LogP contribution in [0, 0.1) is 0 Å². The Labute approximate surface area is 133 Å². The van der Waals surface area contributed by atoms with Gasteiger partial charge in [-0.1, -0.05) is 29.8 Å². The summed E-state index contributed by atoms with van der Waals surface area (Å²) in [5, 5.41) is 13.0. The molecule has 0 radical (unpaired) electrons. The van der Waals surface area contributed by atoms with E-state index in [0.29, 0.717) is 18.4 Å². The number of hydrogen-bond donors (Lipinski definition) is 2. The Morgan fingerprint density at radius 1 is 1.43 bits per heavy atom. The highest BCUT2D eigenvalue weighted by Gasteiger charge is 2.24. The van der Waals surface area contributed by atoms with Gasteiger partial charge in [0.05, 0.1) is 11.2 Å². The summed E-state index contributed by atoms with van der Waals surface area (Å²) in [6.45, 7) is 4.32. The maximum atomic E-state index is 12.2. The van der Waals surface area contributed by atoms with Gasteiger partial charge in [-0.25, -0.2) is 0 Å². The van der Waals surface area contributed by atoms with Crippen molar-refractivity contribution in [2.24, 2.45) is 0 Å². The van der Waals surface area contributed by atoms with E-state index < -0.39 is 5.60 Å². The van der Waals surface area contributed by atoms with Gasteiger partial charge < -0.3 is 15.2 Å². The lowest BCUT2D eigenvalue weighted by molar-refractivity contribution is -0.119. The van der Waals surface area contributed by atoms with Gasteiger partial charge in [0, 0.05) is 16.6 Å². The highest BCUT2D eigenvalue weighted by Crippen LogP contribution is 2.29. The van der Waals surface area contributed by atoms with Crippen molar-refractivity contribution in [3.63, 3.8) is 0 Å². The van der Waals surface area contributed by atoms with Crippen molar-refractivity contribution in [2.45, 2.75) is 32.3 Å². The number of halogens is 1. The second-order valence-corrected chi connectivity index (χ2v) is 6.17. The Morgan fingerprint density at radius 3 is 2.81 bits per heavy atom. The Morgan fingerprint density at radius 2 is 2.14 bits per heavy atom. The third kappa shape index (κ3) is 3.86. The lowest BCUT2D eigenvalue weighted by Crippen LogP contribution is -2.43. The molecule has 2 N–H and O–H groups in total. The van der Waals surface area contributed by atoms with Gasteiger partial charge in [0.15, 0.2) is 0 Å². The summed E-state index contributed by atoms with van der Waals surface area (Å²) in [5.41, 5.74) is 0.601. The average molecular weight is 354 g/mol. The fourth-order valence-corrected chi connectivity index (χ4v) is 2.52. The second kappa shape index (κ2) is 6.62. The summed E-state index contributed by atoms with van der Waals surface area (Å²) in [7, 11) is 0. The molecular formula is C16H20BrNO3. The minimum atomic E-state index is -0.841. The van der Waals surface area contributed by atoms with Crippen LogP contribution in [-0.2, 0) is 4.79 Å². The standard InChI is InChI=1S/C16H20BrNO3/c1-3-16(20,4-2)10-18-15(19)12-7-11-8-13(17)5-6-14(11)21-9-12/h5-8,20H,3-4,9-10H2,1-2H3,(H,18,19). The molecule has 0 bridgehead atoms. The van der Waals surface area contributed by atoms with Gasteiger partial charge in [0.1, 0.15) is 12.4 Å². The van der Waals surface area contributed by atoms with Crippen LogP contribution in [0.3, 0.4) is 0 Å². The van der Waals surface area contributed by atoms with E-state index >= 15 is 0 Å². The van der Waals surface area contributed by atoms with Crippen LogP contribution in [0.15, 0.2) is 28.2 Å². The molecule has 0 aromatic heterocycles. The van der Waals surface area contributed by atoms with Crippen LogP contribution in [0.5, 0.6) is 5.75 Å². The lowest BCUT2D eigenvalue weighted by atomic mass is 9.97. The van der Waals surface area contributed by atoms with E-state index in [2.05, 4.69) is 21.2 Å². The molecule has 0 fully saturated rings. The number of hydrogen-bond acceptors (Lipinski definition) is 3. The van der Waals surface area contributed by atoms with Crippen molar-refractivity contribution in [3.8, 4) is 5.75 Å². The molecule has 0 aliphatic carbocycles. The molecular weight excluding hydrogens is 334 g/mol. The molecule has 0 saturated carbocycles. The number of fused-ring (bicyclic) bond motifs is 1. The van der Waals surface area contributed by atoms with E-state index in [1.165, 1.54) is 0 Å². The van der Waals surface area contributed by atoms with Crippen molar-refractivity contribution < 1.29 is 14.6 Å². The molecule has 114 valence electrons. The van der Waals surface area contributed by atoms with Crippen LogP contribution >= 0.6 is 15.9 Å². The number of rotatable bonds is 5. The first kappa shape index (κ1) is 16.0. The minimum absolute atomic E-state index is 0.194. The van der Waals surface area contributed by atoms with E-state index in [9.17, 15) is 9.90 Å². The highest BCUT2D eigenvalue weighted by atomic mass is 79.9. The smallest absolute Gasteiger partial charge is 0.250 e. The number of carbonyl (C=O) groups is 1. The molecule has 2 rings (SSSR count). The highest BCUT2D eigenvalue weighted by molar-refractivity contribution is 9.10. The summed E-state index contributed by atoms with van der Waals surface area (Å²) in [4.78, 5) is 12.2. The van der Waals surface area contributed by atoms with E-state index in [-0.39, 0.29) is 19.1 Å². The third-order valence-electron chi connectivity index (χ3n) is 3.87. The minimum Gasteiger partial charge on any atom is -0.488 e. The summed E-state index contributed by atoms with van der Waals surface area (Å²) >= 11 is 3.40. The Bertz CT molecular complexity index is 565. The normalized spacial score (nSPS) is 14.0. The van der Waals surface area contributed by atoms with Crippen molar-refractivity contribution in [1.82, 2.24) is 5.32 Å². The summed E-state index contributed by atoms with van der Waals surface area (Å²) in [5.74, 6) is 0.578. The molecule has 1 aromatic carbocycles. The average Bonchev–Trinajstić information content (AvgIpc) is 2.51. The molecule has 5 heteroatoms. The molecule has 0 spiro atoms. The van der Waals surface area contributed by atoms with Crippen LogP contribution < -0.4 is 10.1 Å². The zero-order chi connectivity index (χ0) is 15.5. The van der Waals surface area contributed by atoms with E-state index in [1.54, 1.807) is 0 Å². The van der Waals surface area contributed by atoms with Crippen LogP contribution in [0.25, 0.3) is 6.08 Å². The second-order valence-electron chi connectivity index (χ2n) is 5.25. The molecule has 1 heterocycles. The largest absolute Gasteiger partial charge is 0.488 e. The number of ether oxygens (including phenoxy) is 1. The van der Waals surface area contributed by atoms with Crippen LogP contribution in [0.2, 0.25) is 0 Å². The first-order chi connectivity index (χ1) is 9.97. The van der Waals surface area contributed by atoms with Crippen molar-refractivity contribution in [1.29, 1.82) is 0 Å². The number of carbonyl (C=O) groups excluding carboxylic acids is 1. The van der Waals surface area contributed by atoms with Crippen molar-refractivity contribution in [2.75, 3.05) is 13.2 Å². The molecule has 1 aromatic rings. The lowest BCUT2D eigenvalue weighted by Gasteiger charge is -2.26. The van der Waals surface area contributed by atoms with Gasteiger partial charge in [0.25, 0.3) is 5.91 Å². The summed E-state index contributed by atoms with van der Waals surface area (Å²) < 4.78 is 6.52. The van der Waals surface area contributed by atoms with Gasteiger partial charge in [-0.15, -0.1) is 0 Å². The SMILES string of the molecule is CCC(O)(CC)CNC(=O)C1=Cc2cc(Br)ccc2OC1. The van der Waals surface area contributed by atoms with Gasteiger partial charge in [0.2, 0.25) is 0 Å². The number of nitrogens with one attached hydrogen (secondary N) is 1. The number of amides is 1. The van der Waals surface area contributed by atoms with Gasteiger partial charge in [-0.2, -0.15) is 0 Å². The topological polar surface area (TPSA) is 58.6 Å². The molecule has 21 heavy (non-hydrogen) atoms. The molecule has 1 amide bonds. The Kier molecular flexibility index (Phi) is 5.06. The molecule has 4 nitrogen and oxygen atoms in total. The molecule has 0 unspecified atom stereocenters. The fourth-order valence-electron chi connectivity index (χ4n) is 2.14. The molecule has 1 aliphatic rings. The summed E-state index contributed by atoms with van der Waals surface area (Å²) in [6.07, 6.45) is 3.04. The maximum absolute atomic E-state index is 12.2. The van der Waals surface area contributed by atoms with Gasteiger partial charge in [-0.05, 0) is 37.1 Å². The van der Waals surface area contributed by atoms with Crippen LogP contribution in [0.4, 0.5) is 0 Å². The zero-order valence-electron chi connectivity index (χ0n) is 12.3. The van der Waals surface area contributed by atoms with Crippen molar-refractivity contribution in [3.05, 3.63) is 33.8 Å². The summed E-state index contributed by atoms with van der Waals surface area (Å²) in [6, 6.07) is 5.69. The van der Waals surface area contributed by atoms with Crippen LogP contribution in [0.1, 0.15) is 32.3 Å². The first-order valence-corrected chi connectivity index (χ1v) is 7.90.